The Morgan fingerprint density at radius 3 is 3.00 bits per heavy atom. The third kappa shape index (κ3) is 2.85. The lowest BCUT2D eigenvalue weighted by Crippen LogP contribution is -1.90. The molecule has 1 heteroatoms. The Labute approximate surface area is 79.7 Å². The number of hydrogen-bond acceptors (Lipinski definition) is 1. The van der Waals surface area contributed by atoms with Gasteiger partial charge in [0.25, 0.3) is 0 Å². The van der Waals surface area contributed by atoms with Gasteiger partial charge in [-0.05, 0) is 31.7 Å². The number of aryl methyl sites for hydroxylation is 2. The van der Waals surface area contributed by atoms with Crippen LogP contribution in [0.25, 0.3) is 0 Å². The molecule has 1 heterocycles. The van der Waals surface area contributed by atoms with E-state index in [0.29, 0.717) is 6.10 Å². The van der Waals surface area contributed by atoms with Crippen LogP contribution in [0.3, 0.4) is 0 Å². The normalized spacial score (nSPS) is 20.2. The summed E-state index contributed by atoms with van der Waals surface area (Å²) in [7, 11) is 0. The van der Waals surface area contributed by atoms with E-state index >= 15 is 0 Å². The van der Waals surface area contributed by atoms with Crippen LogP contribution >= 0.6 is 0 Å². The fourth-order valence-electron chi connectivity index (χ4n) is 1.64. The molecule has 70 valence electrons. The Hall–Kier alpha value is -0.820. The molecule has 0 N–H and O–H groups in total. The van der Waals surface area contributed by atoms with Gasteiger partial charge in [0.15, 0.2) is 0 Å². The maximum Gasteiger partial charge on any atom is 0.0810 e. The van der Waals surface area contributed by atoms with E-state index < -0.39 is 0 Å². The van der Waals surface area contributed by atoms with Crippen molar-refractivity contribution < 1.29 is 4.74 Å². The van der Waals surface area contributed by atoms with E-state index in [9.17, 15) is 0 Å². The number of benzene rings is 1. The first-order valence-corrected chi connectivity index (χ1v) is 5.02. The monoisotopic (exact) mass is 176 g/mol. The molecule has 1 atom stereocenters. The Bertz CT molecular complexity index is 276. The third-order valence-corrected chi connectivity index (χ3v) is 2.48. The molecular formula is C12H16O. The van der Waals surface area contributed by atoms with Gasteiger partial charge in [-0.3, -0.25) is 0 Å². The van der Waals surface area contributed by atoms with Gasteiger partial charge in [-0.1, -0.05) is 29.8 Å². The third-order valence-electron chi connectivity index (χ3n) is 2.48. The van der Waals surface area contributed by atoms with Crippen LogP contribution in [0, 0.1) is 6.92 Å². The summed E-state index contributed by atoms with van der Waals surface area (Å²) in [6.45, 7) is 3.14. The van der Waals surface area contributed by atoms with Crippen LogP contribution in [0.5, 0.6) is 0 Å². The van der Waals surface area contributed by atoms with Crippen molar-refractivity contribution in [1.29, 1.82) is 0 Å². The number of ether oxygens (including phenoxy) is 1. The zero-order chi connectivity index (χ0) is 9.10. The maximum atomic E-state index is 5.17. The van der Waals surface area contributed by atoms with Gasteiger partial charge in [0.05, 0.1) is 12.7 Å². The lowest BCUT2D eigenvalue weighted by molar-refractivity contribution is 0.392. The molecule has 1 saturated heterocycles. The molecule has 1 nitrogen and oxygen atoms in total. The molecule has 2 rings (SSSR count). The minimum atomic E-state index is 0.588. The minimum absolute atomic E-state index is 0.588. The van der Waals surface area contributed by atoms with E-state index in [1.54, 1.807) is 0 Å². The molecule has 0 radical (unpaired) electrons. The minimum Gasteiger partial charge on any atom is -0.373 e. The lowest BCUT2D eigenvalue weighted by Gasteiger charge is -2.00. The first-order valence-electron chi connectivity index (χ1n) is 5.02. The van der Waals surface area contributed by atoms with Crippen LogP contribution < -0.4 is 0 Å². The van der Waals surface area contributed by atoms with Crippen LogP contribution in [0.2, 0.25) is 0 Å². The van der Waals surface area contributed by atoms with Gasteiger partial charge in [-0.25, -0.2) is 0 Å². The zero-order valence-corrected chi connectivity index (χ0v) is 8.12. The van der Waals surface area contributed by atoms with Crippen molar-refractivity contribution in [2.24, 2.45) is 0 Å². The molecule has 0 aliphatic carbocycles. The van der Waals surface area contributed by atoms with E-state index in [1.165, 1.54) is 30.4 Å². The summed E-state index contributed by atoms with van der Waals surface area (Å²) in [6.07, 6.45) is 4.27. The molecule has 0 saturated carbocycles. The highest BCUT2D eigenvalue weighted by atomic mass is 16.6. The molecule has 13 heavy (non-hydrogen) atoms. The Kier molecular flexibility index (Phi) is 2.65. The van der Waals surface area contributed by atoms with Gasteiger partial charge in [0, 0.05) is 0 Å². The Morgan fingerprint density at radius 1 is 1.46 bits per heavy atom. The average molecular weight is 176 g/mol. The molecule has 0 aromatic heterocycles. The fourth-order valence-corrected chi connectivity index (χ4v) is 1.64. The van der Waals surface area contributed by atoms with E-state index in [-0.39, 0.29) is 0 Å². The molecule has 1 aromatic carbocycles. The van der Waals surface area contributed by atoms with Crippen molar-refractivity contribution in [1.82, 2.24) is 0 Å². The molecule has 1 aliphatic heterocycles. The van der Waals surface area contributed by atoms with Crippen molar-refractivity contribution in [2.45, 2.75) is 32.3 Å². The second-order valence-corrected chi connectivity index (χ2v) is 3.84. The summed E-state index contributed by atoms with van der Waals surface area (Å²) in [4.78, 5) is 0. The van der Waals surface area contributed by atoms with Gasteiger partial charge < -0.3 is 4.74 Å². The largest absolute Gasteiger partial charge is 0.373 e. The summed E-state index contributed by atoms with van der Waals surface area (Å²) < 4.78 is 5.17. The van der Waals surface area contributed by atoms with Crippen LogP contribution in [-0.4, -0.2) is 12.7 Å². The molecule has 1 aliphatic rings. The molecule has 0 spiro atoms. The van der Waals surface area contributed by atoms with Gasteiger partial charge in [0.1, 0.15) is 0 Å². The first kappa shape index (κ1) is 8.76. The summed E-state index contributed by atoms with van der Waals surface area (Å²) in [5.74, 6) is 0. The number of rotatable bonds is 4. The van der Waals surface area contributed by atoms with Crippen LogP contribution in [0.1, 0.15) is 24.0 Å². The van der Waals surface area contributed by atoms with E-state index in [1.807, 2.05) is 0 Å². The van der Waals surface area contributed by atoms with E-state index in [4.69, 9.17) is 4.74 Å². The smallest absolute Gasteiger partial charge is 0.0810 e. The van der Waals surface area contributed by atoms with Crippen LogP contribution in [0.15, 0.2) is 24.3 Å². The van der Waals surface area contributed by atoms with Crippen molar-refractivity contribution in [3.05, 3.63) is 35.4 Å². The van der Waals surface area contributed by atoms with E-state index in [0.717, 1.165) is 6.61 Å². The molecule has 0 amide bonds. The Morgan fingerprint density at radius 2 is 2.31 bits per heavy atom. The molecule has 1 aromatic rings. The number of epoxide rings is 1. The summed E-state index contributed by atoms with van der Waals surface area (Å²) >= 11 is 0. The predicted octanol–water partition coefficient (Wildman–Crippen LogP) is 2.72. The van der Waals surface area contributed by atoms with Crippen LogP contribution in [-0.2, 0) is 11.2 Å². The summed E-state index contributed by atoms with van der Waals surface area (Å²) in [6, 6.07) is 8.76. The zero-order valence-electron chi connectivity index (χ0n) is 8.12. The molecule has 1 fully saturated rings. The quantitative estimate of drug-likeness (QED) is 0.643. The van der Waals surface area contributed by atoms with Gasteiger partial charge >= 0.3 is 0 Å². The standard InChI is InChI=1S/C12H16O/c1-10-4-2-5-11(8-10)6-3-7-12-9-13-12/h2,4-5,8,12H,3,6-7,9H2,1H3. The van der Waals surface area contributed by atoms with Crippen LogP contribution in [0.4, 0.5) is 0 Å². The second kappa shape index (κ2) is 3.93. The highest BCUT2D eigenvalue weighted by Crippen LogP contribution is 2.17. The van der Waals surface area contributed by atoms with Gasteiger partial charge in [-0.2, -0.15) is 0 Å². The first-order chi connectivity index (χ1) is 6.34. The predicted molar refractivity (Wildman–Crippen MR) is 53.9 cm³/mol. The highest BCUT2D eigenvalue weighted by Gasteiger charge is 2.20. The highest BCUT2D eigenvalue weighted by molar-refractivity contribution is 5.22. The molecule has 0 bridgehead atoms. The maximum absolute atomic E-state index is 5.17. The number of hydrogen-bond donors (Lipinski definition) is 0. The van der Waals surface area contributed by atoms with Crippen molar-refractivity contribution in [2.75, 3.05) is 6.61 Å². The van der Waals surface area contributed by atoms with Gasteiger partial charge in [-0.15, -0.1) is 0 Å². The lowest BCUT2D eigenvalue weighted by atomic mass is 10.1. The van der Waals surface area contributed by atoms with E-state index in [2.05, 4.69) is 31.2 Å². The second-order valence-electron chi connectivity index (χ2n) is 3.84. The van der Waals surface area contributed by atoms with Gasteiger partial charge in [0.2, 0.25) is 0 Å². The summed E-state index contributed by atoms with van der Waals surface area (Å²) in [5, 5.41) is 0. The average Bonchev–Trinajstić information content (AvgIpc) is 2.88. The molecule has 1 unspecified atom stereocenters. The summed E-state index contributed by atoms with van der Waals surface area (Å²) in [5.41, 5.74) is 2.82. The SMILES string of the molecule is Cc1cccc(CCCC2CO2)c1. The topological polar surface area (TPSA) is 12.5 Å². The van der Waals surface area contributed by atoms with Crippen molar-refractivity contribution in [3.63, 3.8) is 0 Å². The van der Waals surface area contributed by atoms with Crippen molar-refractivity contribution in [3.8, 4) is 0 Å². The molecular weight excluding hydrogens is 160 g/mol. The Balaban J connectivity index is 1.79. The fraction of sp³-hybridized carbons (Fsp3) is 0.500. The van der Waals surface area contributed by atoms with Crippen molar-refractivity contribution >= 4 is 0 Å².